The molecule has 0 saturated carbocycles. The van der Waals surface area contributed by atoms with Gasteiger partial charge in [-0.1, -0.05) is 37.3 Å². The van der Waals surface area contributed by atoms with Gasteiger partial charge in [-0.05, 0) is 30.2 Å². The lowest BCUT2D eigenvalue weighted by Crippen LogP contribution is -2.53. The number of morpholine rings is 1. The monoisotopic (exact) mass is 409 g/mol. The highest BCUT2D eigenvalue weighted by Crippen LogP contribution is 2.33. The minimum absolute atomic E-state index is 0.0606. The number of ether oxygens (including phenoxy) is 2. The van der Waals surface area contributed by atoms with Gasteiger partial charge in [0.05, 0.1) is 32.0 Å². The van der Waals surface area contributed by atoms with Crippen LogP contribution in [0.3, 0.4) is 0 Å². The third kappa shape index (κ3) is 4.41. The summed E-state index contributed by atoms with van der Waals surface area (Å²) in [5.74, 6) is 0.442. The quantitative estimate of drug-likeness (QED) is 0.821. The Morgan fingerprint density at radius 2 is 1.80 bits per heavy atom. The third-order valence-electron chi connectivity index (χ3n) is 5.47. The maximum atomic E-state index is 13.0. The SMILES string of the molecule is CCc1ccccc1NC(=O)CN1CC(C(=O)N2CCOCC2)Oc2ccccc21. The smallest absolute Gasteiger partial charge is 0.265 e. The molecule has 2 aromatic carbocycles. The number of amides is 2. The second kappa shape index (κ2) is 9.17. The van der Waals surface area contributed by atoms with Crippen LogP contribution in [0.25, 0.3) is 0 Å². The van der Waals surface area contributed by atoms with Crippen molar-refractivity contribution in [2.75, 3.05) is 49.6 Å². The van der Waals surface area contributed by atoms with Crippen molar-refractivity contribution in [1.29, 1.82) is 0 Å². The summed E-state index contributed by atoms with van der Waals surface area (Å²) in [5.41, 5.74) is 2.74. The first-order valence-corrected chi connectivity index (χ1v) is 10.4. The number of aryl methyl sites for hydroxylation is 1. The Kier molecular flexibility index (Phi) is 6.18. The first-order chi connectivity index (χ1) is 14.7. The molecule has 2 aliphatic heterocycles. The average molecular weight is 409 g/mol. The fourth-order valence-corrected chi connectivity index (χ4v) is 3.89. The van der Waals surface area contributed by atoms with Gasteiger partial charge in [-0.15, -0.1) is 0 Å². The van der Waals surface area contributed by atoms with Crippen molar-refractivity contribution < 1.29 is 19.1 Å². The Hall–Kier alpha value is -3.06. The number of fused-ring (bicyclic) bond motifs is 1. The van der Waals surface area contributed by atoms with Crippen molar-refractivity contribution in [3.8, 4) is 5.75 Å². The van der Waals surface area contributed by atoms with Crippen LogP contribution in [0.1, 0.15) is 12.5 Å². The molecule has 4 rings (SSSR count). The zero-order chi connectivity index (χ0) is 20.9. The maximum absolute atomic E-state index is 13.0. The van der Waals surface area contributed by atoms with Gasteiger partial charge >= 0.3 is 0 Å². The first-order valence-electron chi connectivity index (χ1n) is 10.4. The van der Waals surface area contributed by atoms with Crippen LogP contribution in [0.4, 0.5) is 11.4 Å². The molecule has 158 valence electrons. The summed E-state index contributed by atoms with van der Waals surface area (Å²) in [7, 11) is 0. The van der Waals surface area contributed by atoms with Crippen molar-refractivity contribution in [1.82, 2.24) is 4.90 Å². The zero-order valence-corrected chi connectivity index (χ0v) is 17.2. The number of hydrogen-bond donors (Lipinski definition) is 1. The summed E-state index contributed by atoms with van der Waals surface area (Å²) in [6.45, 7) is 4.74. The van der Waals surface area contributed by atoms with Crippen molar-refractivity contribution in [2.45, 2.75) is 19.4 Å². The number of carbonyl (C=O) groups excluding carboxylic acids is 2. The van der Waals surface area contributed by atoms with Crippen molar-refractivity contribution in [3.05, 3.63) is 54.1 Å². The Bertz CT molecular complexity index is 911. The molecule has 1 atom stereocenters. The van der Waals surface area contributed by atoms with Crippen LogP contribution < -0.4 is 15.0 Å². The van der Waals surface area contributed by atoms with Gasteiger partial charge in [0.1, 0.15) is 5.75 Å². The maximum Gasteiger partial charge on any atom is 0.265 e. The van der Waals surface area contributed by atoms with Crippen molar-refractivity contribution in [2.24, 2.45) is 0 Å². The molecule has 2 heterocycles. The fraction of sp³-hybridized carbons (Fsp3) is 0.391. The molecule has 2 aliphatic rings. The van der Waals surface area contributed by atoms with Crippen LogP contribution in [0.5, 0.6) is 5.75 Å². The normalized spacial score (nSPS) is 18.4. The molecule has 1 fully saturated rings. The second-order valence-electron chi connectivity index (χ2n) is 7.45. The molecule has 7 heteroatoms. The van der Waals surface area contributed by atoms with E-state index in [2.05, 4.69) is 12.2 Å². The summed E-state index contributed by atoms with van der Waals surface area (Å²) in [4.78, 5) is 29.5. The molecule has 30 heavy (non-hydrogen) atoms. The lowest BCUT2D eigenvalue weighted by molar-refractivity contribution is -0.142. The highest BCUT2D eigenvalue weighted by atomic mass is 16.5. The predicted molar refractivity (Wildman–Crippen MR) is 115 cm³/mol. The molecule has 1 N–H and O–H groups in total. The van der Waals surface area contributed by atoms with Crippen molar-refractivity contribution in [3.63, 3.8) is 0 Å². The number of nitrogens with one attached hydrogen (secondary N) is 1. The Morgan fingerprint density at radius 3 is 2.60 bits per heavy atom. The Balaban J connectivity index is 1.49. The minimum Gasteiger partial charge on any atom is -0.477 e. The lowest BCUT2D eigenvalue weighted by Gasteiger charge is -2.38. The lowest BCUT2D eigenvalue weighted by atomic mass is 10.1. The molecular weight excluding hydrogens is 382 g/mol. The van der Waals surface area contributed by atoms with E-state index in [1.165, 1.54) is 0 Å². The summed E-state index contributed by atoms with van der Waals surface area (Å²) in [6.07, 6.45) is 0.196. The van der Waals surface area contributed by atoms with Gasteiger partial charge in [-0.2, -0.15) is 0 Å². The highest BCUT2D eigenvalue weighted by molar-refractivity contribution is 5.95. The van der Waals surface area contributed by atoms with Gasteiger partial charge in [0, 0.05) is 18.8 Å². The third-order valence-corrected chi connectivity index (χ3v) is 5.47. The van der Waals surface area contributed by atoms with Crippen LogP contribution in [-0.2, 0) is 20.7 Å². The number of hydrogen-bond acceptors (Lipinski definition) is 5. The van der Waals surface area contributed by atoms with E-state index in [9.17, 15) is 9.59 Å². The van der Waals surface area contributed by atoms with Crippen molar-refractivity contribution >= 4 is 23.2 Å². The van der Waals surface area contributed by atoms with Gasteiger partial charge in [0.15, 0.2) is 6.10 Å². The molecule has 0 spiro atoms. The number of rotatable bonds is 5. The van der Waals surface area contributed by atoms with E-state index >= 15 is 0 Å². The molecule has 2 amide bonds. The van der Waals surface area contributed by atoms with Gasteiger partial charge in [0.25, 0.3) is 5.91 Å². The van der Waals surface area contributed by atoms with Gasteiger partial charge < -0.3 is 24.6 Å². The average Bonchev–Trinajstić information content (AvgIpc) is 2.79. The van der Waals surface area contributed by atoms with E-state index in [1.54, 1.807) is 4.90 Å². The first kappa shape index (κ1) is 20.2. The summed E-state index contributed by atoms with van der Waals surface area (Å²) < 4.78 is 11.4. The number of nitrogens with zero attached hydrogens (tertiary/aromatic N) is 2. The molecule has 0 bridgehead atoms. The molecule has 0 aliphatic carbocycles. The molecule has 7 nitrogen and oxygen atoms in total. The van der Waals surface area contributed by atoms with Crippen LogP contribution in [0.2, 0.25) is 0 Å². The zero-order valence-electron chi connectivity index (χ0n) is 17.2. The molecular formula is C23H27N3O4. The van der Waals surface area contributed by atoms with Crippen LogP contribution in [0, 0.1) is 0 Å². The van der Waals surface area contributed by atoms with E-state index < -0.39 is 6.10 Å². The van der Waals surface area contributed by atoms with Crippen LogP contribution >= 0.6 is 0 Å². The van der Waals surface area contributed by atoms with E-state index in [4.69, 9.17) is 9.47 Å². The number of benzene rings is 2. The molecule has 1 saturated heterocycles. The summed E-state index contributed by atoms with van der Waals surface area (Å²) in [5, 5.41) is 3.01. The largest absolute Gasteiger partial charge is 0.477 e. The molecule has 0 radical (unpaired) electrons. The topological polar surface area (TPSA) is 71.1 Å². The van der Waals surface area contributed by atoms with Gasteiger partial charge in [-0.25, -0.2) is 0 Å². The Labute approximate surface area is 176 Å². The summed E-state index contributed by atoms with van der Waals surface area (Å²) in [6, 6.07) is 15.3. The molecule has 1 unspecified atom stereocenters. The van der Waals surface area contributed by atoms with E-state index in [1.807, 2.05) is 53.4 Å². The molecule has 0 aromatic heterocycles. The number of para-hydroxylation sites is 3. The van der Waals surface area contributed by atoms with Crippen LogP contribution in [-0.4, -0.2) is 62.2 Å². The Morgan fingerprint density at radius 1 is 1.07 bits per heavy atom. The van der Waals surface area contributed by atoms with E-state index in [0.717, 1.165) is 23.4 Å². The highest BCUT2D eigenvalue weighted by Gasteiger charge is 2.34. The predicted octanol–water partition coefficient (Wildman–Crippen LogP) is 2.31. The second-order valence-corrected chi connectivity index (χ2v) is 7.45. The fourth-order valence-electron chi connectivity index (χ4n) is 3.89. The van der Waals surface area contributed by atoms with E-state index in [-0.39, 0.29) is 18.4 Å². The molecule has 2 aromatic rings. The van der Waals surface area contributed by atoms with Gasteiger partial charge in [-0.3, -0.25) is 9.59 Å². The number of carbonyl (C=O) groups is 2. The van der Waals surface area contributed by atoms with Crippen LogP contribution in [0.15, 0.2) is 48.5 Å². The van der Waals surface area contributed by atoms with Gasteiger partial charge in [0.2, 0.25) is 5.91 Å². The number of anilines is 2. The standard InChI is InChI=1S/C23H27N3O4/c1-2-17-7-3-4-8-18(17)24-22(27)16-26-15-21(23(28)25-11-13-29-14-12-25)30-20-10-6-5-9-19(20)26/h3-10,21H,2,11-16H2,1H3,(H,24,27). The van der Waals surface area contributed by atoms with E-state index in [0.29, 0.717) is 38.6 Å². The minimum atomic E-state index is -0.645. The summed E-state index contributed by atoms with van der Waals surface area (Å²) >= 11 is 0.